The molecule has 60 heavy (non-hydrogen) atoms. The number of carbonyl (C=O) groups is 1. The van der Waals surface area contributed by atoms with Crippen molar-refractivity contribution in [3.8, 4) is 51.1 Å². The molecule has 1 aliphatic rings. The number of anilines is 5. The molecule has 1 aliphatic heterocycles. The molecule has 0 atom stereocenters. The van der Waals surface area contributed by atoms with Crippen LogP contribution in [0.5, 0.6) is 17.2 Å². The first-order valence-corrected chi connectivity index (χ1v) is 19.0. The highest BCUT2D eigenvalue weighted by atomic mass is 35.5. The fourth-order valence-electron chi connectivity index (χ4n) is 6.36. The molecule has 15 nitrogen and oxygen atoms in total. The summed E-state index contributed by atoms with van der Waals surface area (Å²) in [6.07, 6.45) is 10.8. The molecule has 5 heterocycles. The average Bonchev–Trinajstić information content (AvgIpc) is 3.91. The summed E-state index contributed by atoms with van der Waals surface area (Å²) in [6.45, 7) is 3.91. The molecule has 0 aliphatic carbocycles. The van der Waals surface area contributed by atoms with Gasteiger partial charge in [-0.05, 0) is 74.5 Å². The van der Waals surface area contributed by atoms with Crippen LogP contribution in [0.1, 0.15) is 11.4 Å². The number of nitrogens with zero attached hydrogens (tertiary/aromatic N) is 8. The number of methoxy groups -OCH3 is 2. The second-order valence-corrected chi connectivity index (χ2v) is 13.8. The van der Waals surface area contributed by atoms with E-state index in [9.17, 15) is 4.79 Å². The smallest absolute Gasteiger partial charge is 0.262 e. The monoisotopic (exact) mass is 819 g/mol. The third-order valence-electron chi connectivity index (χ3n) is 9.22. The van der Waals surface area contributed by atoms with Gasteiger partial charge in [-0.2, -0.15) is 0 Å². The normalized spacial score (nSPS) is 11.7. The Morgan fingerprint density at radius 2 is 1.28 bits per heavy atom. The predicted octanol–water partition coefficient (Wildman–Crippen LogP) is 8.76. The molecule has 0 spiro atoms. The Balaban J connectivity index is 0.000000168. The Morgan fingerprint density at radius 3 is 1.85 bits per heavy atom. The molecule has 0 bridgehead atoms. The van der Waals surface area contributed by atoms with E-state index in [1.807, 2.05) is 126 Å². The first-order chi connectivity index (χ1) is 29.2. The standard InChI is InChI=1S/C23H20N6O3.C21H18ClN5O/c1-14-11-29(13-25-14)19-5-4-16(10-21(19)31-2)26-23-24-8-7-17(28-23)15-3-6-20-18(9-15)27-22(30)12-32-20;1-14-12-27(13-24-14)19-8-7-15(11-20(19)28-2)25-21-23-10-9-18(26-21)16-5-3-4-6-17(16)22/h3-11,13H,12H2,1-2H3,(H,27,30)(H,24,26,28);3-13H,1-2H3,(H,23,25,26). The van der Waals surface area contributed by atoms with Gasteiger partial charge in [0.1, 0.15) is 17.2 Å². The highest BCUT2D eigenvalue weighted by Gasteiger charge is 2.17. The summed E-state index contributed by atoms with van der Waals surface area (Å²) in [6, 6.07) is 28.3. The van der Waals surface area contributed by atoms with Crippen molar-refractivity contribution < 1.29 is 19.0 Å². The molecule has 0 saturated carbocycles. The summed E-state index contributed by atoms with van der Waals surface area (Å²) in [4.78, 5) is 38.0. The lowest BCUT2D eigenvalue weighted by Gasteiger charge is -2.18. The number of aryl methyl sites for hydroxylation is 2. The van der Waals surface area contributed by atoms with E-state index in [-0.39, 0.29) is 12.5 Å². The zero-order valence-corrected chi connectivity index (χ0v) is 33.7. The minimum absolute atomic E-state index is 0.0244. The van der Waals surface area contributed by atoms with E-state index in [0.29, 0.717) is 45.5 Å². The molecule has 16 heteroatoms. The largest absolute Gasteiger partial charge is 0.494 e. The third kappa shape index (κ3) is 8.85. The SMILES string of the molecule is COc1cc(Nc2nccc(-c3ccc4c(c3)NC(=O)CO4)n2)ccc1-n1cnc(C)c1.COc1cc(Nc2nccc(-c3ccccc3Cl)n2)ccc1-n1cnc(C)c1. The van der Waals surface area contributed by atoms with Crippen molar-refractivity contribution in [2.75, 3.05) is 36.8 Å². The van der Waals surface area contributed by atoms with Gasteiger partial charge in [-0.25, -0.2) is 29.9 Å². The van der Waals surface area contributed by atoms with Crippen LogP contribution >= 0.6 is 11.6 Å². The summed E-state index contributed by atoms with van der Waals surface area (Å²) in [5.74, 6) is 2.78. The Labute approximate surface area is 350 Å². The van der Waals surface area contributed by atoms with E-state index in [0.717, 1.165) is 51.0 Å². The molecule has 300 valence electrons. The van der Waals surface area contributed by atoms with Gasteiger partial charge in [0.25, 0.3) is 5.91 Å². The molecule has 4 aromatic heterocycles. The lowest BCUT2D eigenvalue weighted by molar-refractivity contribution is -0.118. The van der Waals surface area contributed by atoms with Crippen LogP contribution < -0.4 is 30.2 Å². The Morgan fingerprint density at radius 1 is 0.700 bits per heavy atom. The number of hydrogen-bond acceptors (Lipinski definition) is 12. The van der Waals surface area contributed by atoms with E-state index in [4.69, 9.17) is 25.8 Å². The van der Waals surface area contributed by atoms with Gasteiger partial charge in [0.05, 0.1) is 66.7 Å². The number of ether oxygens (including phenoxy) is 3. The maximum atomic E-state index is 11.6. The van der Waals surface area contributed by atoms with Crippen LogP contribution in [0.4, 0.5) is 29.0 Å². The van der Waals surface area contributed by atoms with Crippen molar-refractivity contribution in [2.45, 2.75) is 13.8 Å². The number of halogens is 1. The second kappa shape index (κ2) is 17.4. The second-order valence-electron chi connectivity index (χ2n) is 13.4. The number of amides is 1. The predicted molar refractivity (Wildman–Crippen MR) is 230 cm³/mol. The van der Waals surface area contributed by atoms with Crippen molar-refractivity contribution in [1.82, 2.24) is 39.0 Å². The zero-order valence-electron chi connectivity index (χ0n) is 32.9. The Hall–Kier alpha value is -7.78. The van der Waals surface area contributed by atoms with Crippen molar-refractivity contribution in [2.24, 2.45) is 0 Å². The molecule has 0 fully saturated rings. The number of benzene rings is 4. The number of fused-ring (bicyclic) bond motifs is 1. The molecule has 8 aromatic rings. The van der Waals surface area contributed by atoms with Gasteiger partial charge < -0.3 is 39.3 Å². The fourth-order valence-corrected chi connectivity index (χ4v) is 6.59. The first kappa shape index (κ1) is 39.1. The molecule has 0 unspecified atom stereocenters. The van der Waals surface area contributed by atoms with Gasteiger partial charge in [0, 0.05) is 64.4 Å². The third-order valence-corrected chi connectivity index (χ3v) is 9.55. The van der Waals surface area contributed by atoms with Crippen LogP contribution in [0.15, 0.2) is 128 Å². The van der Waals surface area contributed by atoms with Crippen LogP contribution in [0, 0.1) is 13.8 Å². The zero-order chi connectivity index (χ0) is 41.6. The van der Waals surface area contributed by atoms with Crippen LogP contribution in [-0.2, 0) is 4.79 Å². The molecule has 4 aromatic carbocycles. The molecule has 3 N–H and O–H groups in total. The van der Waals surface area contributed by atoms with Crippen LogP contribution in [0.2, 0.25) is 5.02 Å². The Kier molecular flexibility index (Phi) is 11.3. The first-order valence-electron chi connectivity index (χ1n) is 18.6. The van der Waals surface area contributed by atoms with E-state index in [2.05, 4.69) is 45.9 Å². The van der Waals surface area contributed by atoms with Crippen molar-refractivity contribution in [1.29, 1.82) is 0 Å². The highest BCUT2D eigenvalue weighted by molar-refractivity contribution is 6.33. The number of hydrogen-bond donors (Lipinski definition) is 3. The maximum absolute atomic E-state index is 11.6. The van der Waals surface area contributed by atoms with Gasteiger partial charge in [-0.1, -0.05) is 29.8 Å². The van der Waals surface area contributed by atoms with E-state index < -0.39 is 0 Å². The summed E-state index contributed by atoms with van der Waals surface area (Å²) >= 11 is 6.28. The fraction of sp³-hybridized carbons (Fsp3) is 0.114. The van der Waals surface area contributed by atoms with Gasteiger partial charge in [-0.3, -0.25) is 4.79 Å². The summed E-state index contributed by atoms with van der Waals surface area (Å²) in [5.41, 5.74) is 9.03. The van der Waals surface area contributed by atoms with Gasteiger partial charge in [0.2, 0.25) is 11.9 Å². The summed E-state index contributed by atoms with van der Waals surface area (Å²) < 4.78 is 20.4. The summed E-state index contributed by atoms with van der Waals surface area (Å²) in [7, 11) is 3.27. The summed E-state index contributed by atoms with van der Waals surface area (Å²) in [5, 5.41) is 9.90. The highest BCUT2D eigenvalue weighted by Crippen LogP contribution is 2.34. The van der Waals surface area contributed by atoms with E-state index in [1.54, 1.807) is 39.3 Å². The van der Waals surface area contributed by atoms with Crippen molar-refractivity contribution in [3.63, 3.8) is 0 Å². The quantitative estimate of drug-likeness (QED) is 0.120. The van der Waals surface area contributed by atoms with Crippen molar-refractivity contribution in [3.05, 3.63) is 145 Å². The van der Waals surface area contributed by atoms with E-state index >= 15 is 0 Å². The minimum Gasteiger partial charge on any atom is -0.494 e. The number of nitrogens with one attached hydrogen (secondary N) is 3. The van der Waals surface area contributed by atoms with E-state index in [1.165, 1.54) is 0 Å². The van der Waals surface area contributed by atoms with Crippen LogP contribution in [0.3, 0.4) is 0 Å². The lowest BCUT2D eigenvalue weighted by atomic mass is 10.1. The van der Waals surface area contributed by atoms with Crippen molar-refractivity contribution >= 4 is 46.5 Å². The van der Waals surface area contributed by atoms with Crippen LogP contribution in [-0.4, -0.2) is 65.8 Å². The number of aromatic nitrogens is 8. The van der Waals surface area contributed by atoms with Gasteiger partial charge in [0.15, 0.2) is 6.61 Å². The lowest BCUT2D eigenvalue weighted by Crippen LogP contribution is -2.25. The maximum Gasteiger partial charge on any atom is 0.262 e. The topological polar surface area (TPSA) is 168 Å². The molecule has 0 radical (unpaired) electrons. The number of rotatable bonds is 10. The minimum atomic E-state index is -0.178. The van der Waals surface area contributed by atoms with Gasteiger partial charge in [-0.15, -0.1) is 0 Å². The molecule has 9 rings (SSSR count). The molecule has 1 amide bonds. The Bertz CT molecular complexity index is 2820. The molecule has 0 saturated heterocycles. The number of imidazole rings is 2. The average molecular weight is 820 g/mol. The molecular weight excluding hydrogens is 782 g/mol. The van der Waals surface area contributed by atoms with Crippen LogP contribution in [0.25, 0.3) is 33.9 Å². The van der Waals surface area contributed by atoms with Gasteiger partial charge >= 0.3 is 0 Å². The number of carbonyl (C=O) groups excluding carboxylic acids is 1. The molecular formula is C44H38ClN11O4.